The molecule has 1 aliphatic heterocycles. The Bertz CT molecular complexity index is 386. The predicted octanol–water partition coefficient (Wildman–Crippen LogP) is 2.54. The van der Waals surface area contributed by atoms with Gasteiger partial charge in [-0.1, -0.05) is 0 Å². The van der Waals surface area contributed by atoms with E-state index in [2.05, 4.69) is 23.7 Å². The molecule has 0 N–H and O–H groups in total. The van der Waals surface area contributed by atoms with Crippen molar-refractivity contribution < 1.29 is 4.79 Å². The molecule has 0 spiro atoms. The van der Waals surface area contributed by atoms with Crippen LogP contribution < -0.4 is 0 Å². The zero-order chi connectivity index (χ0) is 11.7. The Balaban J connectivity index is 2.06. The van der Waals surface area contributed by atoms with Gasteiger partial charge in [0.1, 0.15) is 0 Å². The third kappa shape index (κ3) is 2.33. The monoisotopic (exact) mass is 238 g/mol. The lowest BCUT2D eigenvalue weighted by Gasteiger charge is -2.19. The fraction of sp³-hybridized carbons (Fsp3) is 0.667. The third-order valence-electron chi connectivity index (χ3n) is 3.17. The molecular formula is C12H18N2OS. The molecular weight excluding hydrogens is 220 g/mol. The molecule has 88 valence electrons. The lowest BCUT2D eigenvalue weighted by molar-refractivity contribution is 0.102. The molecule has 2 rings (SSSR count). The molecule has 16 heavy (non-hydrogen) atoms. The van der Waals surface area contributed by atoms with Crippen LogP contribution >= 0.6 is 11.3 Å². The number of Topliss-reactive ketones (excluding diaryl/α,β-unsaturated/α-hetero) is 1. The highest BCUT2D eigenvalue weighted by Crippen LogP contribution is 2.31. The van der Waals surface area contributed by atoms with Gasteiger partial charge in [-0.3, -0.25) is 4.79 Å². The van der Waals surface area contributed by atoms with Gasteiger partial charge >= 0.3 is 0 Å². The zero-order valence-electron chi connectivity index (χ0n) is 10.1. The predicted molar refractivity (Wildman–Crippen MR) is 66.2 cm³/mol. The van der Waals surface area contributed by atoms with E-state index in [9.17, 15) is 4.79 Å². The molecule has 0 radical (unpaired) electrons. The van der Waals surface area contributed by atoms with Crippen LogP contribution in [-0.2, 0) is 0 Å². The van der Waals surface area contributed by atoms with Gasteiger partial charge in [0, 0.05) is 31.6 Å². The van der Waals surface area contributed by atoms with E-state index in [1.54, 1.807) is 24.5 Å². The molecule has 0 aromatic carbocycles. The van der Waals surface area contributed by atoms with Gasteiger partial charge in [-0.15, -0.1) is 11.3 Å². The van der Waals surface area contributed by atoms with Crippen LogP contribution in [0, 0.1) is 0 Å². The first-order valence-electron chi connectivity index (χ1n) is 5.78. The van der Waals surface area contributed by atoms with E-state index in [4.69, 9.17) is 0 Å². The quantitative estimate of drug-likeness (QED) is 0.759. The highest BCUT2D eigenvalue weighted by molar-refractivity contribution is 7.13. The largest absolute Gasteiger partial charge is 0.300 e. The summed E-state index contributed by atoms with van der Waals surface area (Å²) in [4.78, 5) is 18.9. The van der Waals surface area contributed by atoms with E-state index in [-0.39, 0.29) is 5.78 Å². The Morgan fingerprint density at radius 2 is 2.38 bits per heavy atom. The number of ketones is 1. The molecule has 1 aromatic heterocycles. The molecule has 0 amide bonds. The first-order valence-corrected chi connectivity index (χ1v) is 6.60. The van der Waals surface area contributed by atoms with Crippen LogP contribution in [0.3, 0.4) is 0 Å². The van der Waals surface area contributed by atoms with Crippen molar-refractivity contribution in [3.63, 3.8) is 0 Å². The van der Waals surface area contributed by atoms with Crippen molar-refractivity contribution in [3.8, 4) is 0 Å². The van der Waals surface area contributed by atoms with Crippen molar-refractivity contribution in [1.82, 2.24) is 9.88 Å². The molecule has 4 heteroatoms. The number of carbonyl (C=O) groups excluding carboxylic acids is 1. The maximum atomic E-state index is 11.2. The summed E-state index contributed by atoms with van der Waals surface area (Å²) in [5, 5.41) is 1.13. The van der Waals surface area contributed by atoms with Gasteiger partial charge < -0.3 is 4.90 Å². The molecule has 1 fully saturated rings. The lowest BCUT2D eigenvalue weighted by atomic mass is 10.1. The van der Waals surface area contributed by atoms with Crippen molar-refractivity contribution in [3.05, 3.63) is 16.1 Å². The molecule has 0 saturated carbocycles. The van der Waals surface area contributed by atoms with Crippen LogP contribution in [0.2, 0.25) is 0 Å². The number of hydrogen-bond donors (Lipinski definition) is 0. The SMILES string of the molecule is CC(=O)c1cnc(C2CCN(C(C)C)C2)s1. The molecule has 1 atom stereocenters. The molecule has 1 aliphatic rings. The molecule has 1 aromatic rings. The summed E-state index contributed by atoms with van der Waals surface area (Å²) in [6.07, 6.45) is 2.89. The van der Waals surface area contributed by atoms with E-state index < -0.39 is 0 Å². The van der Waals surface area contributed by atoms with Crippen LogP contribution in [0.4, 0.5) is 0 Å². The summed E-state index contributed by atoms with van der Waals surface area (Å²) < 4.78 is 0. The van der Waals surface area contributed by atoms with Crippen molar-refractivity contribution in [2.75, 3.05) is 13.1 Å². The average molecular weight is 238 g/mol. The Morgan fingerprint density at radius 1 is 1.62 bits per heavy atom. The minimum Gasteiger partial charge on any atom is -0.300 e. The Morgan fingerprint density at radius 3 is 2.88 bits per heavy atom. The average Bonchev–Trinajstić information content (AvgIpc) is 2.86. The topological polar surface area (TPSA) is 33.2 Å². The number of thiazole rings is 1. The van der Waals surface area contributed by atoms with Gasteiger partial charge in [0.25, 0.3) is 0 Å². The second-order valence-corrected chi connectivity index (χ2v) is 5.76. The molecule has 0 aliphatic carbocycles. The zero-order valence-corrected chi connectivity index (χ0v) is 10.9. The third-order valence-corrected chi connectivity index (χ3v) is 4.43. The number of carbonyl (C=O) groups is 1. The fourth-order valence-electron chi connectivity index (χ4n) is 2.10. The maximum Gasteiger partial charge on any atom is 0.171 e. The smallest absolute Gasteiger partial charge is 0.171 e. The normalized spacial score (nSPS) is 21.9. The van der Waals surface area contributed by atoms with Crippen molar-refractivity contribution >= 4 is 17.1 Å². The van der Waals surface area contributed by atoms with E-state index in [1.165, 1.54) is 6.42 Å². The Kier molecular flexibility index (Phi) is 3.40. The van der Waals surface area contributed by atoms with E-state index in [0.717, 1.165) is 23.0 Å². The number of nitrogens with zero attached hydrogens (tertiary/aromatic N) is 2. The van der Waals surface area contributed by atoms with Crippen LogP contribution in [0.25, 0.3) is 0 Å². The second kappa shape index (κ2) is 4.63. The highest BCUT2D eigenvalue weighted by atomic mass is 32.1. The van der Waals surface area contributed by atoms with Gasteiger partial charge in [0.05, 0.1) is 9.88 Å². The molecule has 1 unspecified atom stereocenters. The molecule has 3 nitrogen and oxygen atoms in total. The molecule has 0 bridgehead atoms. The second-order valence-electron chi connectivity index (χ2n) is 4.69. The van der Waals surface area contributed by atoms with Gasteiger partial charge in [-0.05, 0) is 26.8 Å². The first kappa shape index (κ1) is 11.7. The van der Waals surface area contributed by atoms with Gasteiger partial charge in [-0.25, -0.2) is 4.98 Å². The van der Waals surface area contributed by atoms with Gasteiger partial charge in [-0.2, -0.15) is 0 Å². The standard InChI is InChI=1S/C12H18N2OS/c1-8(2)14-5-4-10(7-14)12-13-6-11(16-12)9(3)15/h6,8,10H,4-5,7H2,1-3H3. The fourth-order valence-corrected chi connectivity index (χ4v) is 3.04. The van der Waals surface area contributed by atoms with E-state index in [1.807, 2.05) is 0 Å². The van der Waals surface area contributed by atoms with Crippen molar-refractivity contribution in [2.45, 2.75) is 39.2 Å². The minimum atomic E-state index is 0.127. The summed E-state index contributed by atoms with van der Waals surface area (Å²) in [5.74, 6) is 0.656. The number of aromatic nitrogens is 1. The summed E-state index contributed by atoms with van der Waals surface area (Å²) >= 11 is 1.56. The number of hydrogen-bond acceptors (Lipinski definition) is 4. The van der Waals surface area contributed by atoms with Crippen LogP contribution in [0.1, 0.15) is 47.8 Å². The summed E-state index contributed by atoms with van der Waals surface area (Å²) in [6.45, 7) is 8.29. The van der Waals surface area contributed by atoms with Crippen LogP contribution in [0.15, 0.2) is 6.20 Å². The summed E-state index contributed by atoms with van der Waals surface area (Å²) in [5.41, 5.74) is 0. The number of rotatable bonds is 3. The van der Waals surface area contributed by atoms with E-state index in [0.29, 0.717) is 12.0 Å². The van der Waals surface area contributed by atoms with Gasteiger partial charge in [0.15, 0.2) is 5.78 Å². The minimum absolute atomic E-state index is 0.127. The molecule has 2 heterocycles. The highest BCUT2D eigenvalue weighted by Gasteiger charge is 2.27. The first-order chi connectivity index (χ1) is 7.58. The van der Waals surface area contributed by atoms with Crippen molar-refractivity contribution in [2.24, 2.45) is 0 Å². The van der Waals surface area contributed by atoms with Crippen LogP contribution in [0.5, 0.6) is 0 Å². The van der Waals surface area contributed by atoms with Crippen molar-refractivity contribution in [1.29, 1.82) is 0 Å². The molecule has 1 saturated heterocycles. The van der Waals surface area contributed by atoms with Gasteiger partial charge in [0.2, 0.25) is 0 Å². The summed E-state index contributed by atoms with van der Waals surface area (Å²) in [6, 6.07) is 0.609. The number of likely N-dealkylation sites (tertiary alicyclic amines) is 1. The van der Waals surface area contributed by atoms with E-state index >= 15 is 0 Å². The summed E-state index contributed by atoms with van der Waals surface area (Å²) in [7, 11) is 0. The van der Waals surface area contributed by atoms with Crippen LogP contribution in [-0.4, -0.2) is 34.8 Å². The Hall–Kier alpha value is -0.740. The lowest BCUT2D eigenvalue weighted by Crippen LogP contribution is -2.27. The maximum absolute atomic E-state index is 11.2. The Labute approximate surface area is 100 Å².